The second-order valence-corrected chi connectivity index (χ2v) is 4.19. The third-order valence-corrected chi connectivity index (χ3v) is 2.56. The van der Waals surface area contributed by atoms with Crippen molar-refractivity contribution in [3.05, 3.63) is 28.2 Å². The molecule has 0 aliphatic rings. The first-order valence-corrected chi connectivity index (χ1v) is 5.30. The van der Waals surface area contributed by atoms with Crippen LogP contribution >= 0.6 is 15.9 Å². The van der Waals surface area contributed by atoms with Crippen LogP contribution in [0.25, 0.3) is 0 Å². The Hall–Kier alpha value is -1.07. The van der Waals surface area contributed by atoms with Crippen molar-refractivity contribution in [3.8, 4) is 5.75 Å². The van der Waals surface area contributed by atoms with E-state index in [4.69, 9.17) is 5.73 Å². The van der Waals surface area contributed by atoms with E-state index in [1.165, 1.54) is 0 Å². The molecular weight excluding hydrogens is 260 g/mol. The summed E-state index contributed by atoms with van der Waals surface area (Å²) < 4.78 is 0.879. The summed E-state index contributed by atoms with van der Waals surface area (Å²) in [6.07, 6.45) is 0. The van der Waals surface area contributed by atoms with Crippen LogP contribution in [0.3, 0.4) is 0 Å². The number of amides is 1. The van der Waals surface area contributed by atoms with Gasteiger partial charge in [0.1, 0.15) is 5.75 Å². The van der Waals surface area contributed by atoms with Crippen molar-refractivity contribution < 1.29 is 9.90 Å². The summed E-state index contributed by atoms with van der Waals surface area (Å²) in [5, 5.41) is 12.4. The first kappa shape index (κ1) is 12.0. The molecule has 0 aromatic heterocycles. The molecule has 4 N–H and O–H groups in total. The van der Waals surface area contributed by atoms with Gasteiger partial charge in [0.2, 0.25) is 5.91 Å². The Labute approximate surface area is 96.6 Å². The monoisotopic (exact) mass is 272 g/mol. The minimum atomic E-state index is -0.414. The zero-order chi connectivity index (χ0) is 11.4. The average molecular weight is 273 g/mol. The SMILES string of the molecule is CC(NCc1cc(Br)ccc1O)C(N)=O. The van der Waals surface area contributed by atoms with Gasteiger partial charge in [0.25, 0.3) is 0 Å². The van der Waals surface area contributed by atoms with Crippen LogP contribution in [0.2, 0.25) is 0 Å². The number of primary amides is 1. The molecule has 4 nitrogen and oxygen atoms in total. The number of hydrogen-bond donors (Lipinski definition) is 3. The van der Waals surface area contributed by atoms with Crippen LogP contribution in [0, 0.1) is 0 Å². The molecule has 1 unspecified atom stereocenters. The normalized spacial score (nSPS) is 12.4. The fraction of sp³-hybridized carbons (Fsp3) is 0.300. The predicted octanol–water partition coefficient (Wildman–Crippen LogP) is 1.12. The molecule has 0 saturated carbocycles. The molecule has 1 rings (SSSR count). The van der Waals surface area contributed by atoms with Gasteiger partial charge < -0.3 is 16.2 Å². The largest absolute Gasteiger partial charge is 0.508 e. The Morgan fingerprint density at radius 1 is 1.67 bits per heavy atom. The molecule has 1 atom stereocenters. The molecule has 1 aromatic rings. The highest BCUT2D eigenvalue weighted by Gasteiger charge is 2.08. The van der Waals surface area contributed by atoms with Crippen LogP contribution in [-0.2, 0) is 11.3 Å². The molecule has 0 saturated heterocycles. The number of carbonyl (C=O) groups excluding carboxylic acids is 1. The summed E-state index contributed by atoms with van der Waals surface area (Å²) in [5.41, 5.74) is 5.81. The summed E-state index contributed by atoms with van der Waals surface area (Å²) in [7, 11) is 0. The number of nitrogens with one attached hydrogen (secondary N) is 1. The highest BCUT2D eigenvalue weighted by atomic mass is 79.9. The van der Waals surface area contributed by atoms with Gasteiger partial charge in [-0.2, -0.15) is 0 Å². The molecule has 1 aromatic carbocycles. The minimum absolute atomic E-state index is 0.197. The van der Waals surface area contributed by atoms with Crippen molar-refractivity contribution in [2.45, 2.75) is 19.5 Å². The van der Waals surface area contributed by atoms with E-state index in [9.17, 15) is 9.90 Å². The molecule has 0 spiro atoms. The van der Waals surface area contributed by atoms with Crippen LogP contribution in [0.5, 0.6) is 5.75 Å². The summed E-state index contributed by atoms with van der Waals surface area (Å²) in [5.74, 6) is -0.216. The Balaban J connectivity index is 2.65. The van der Waals surface area contributed by atoms with Crippen LogP contribution in [0.1, 0.15) is 12.5 Å². The Morgan fingerprint density at radius 2 is 2.33 bits per heavy atom. The van der Waals surface area contributed by atoms with Gasteiger partial charge in [0.05, 0.1) is 6.04 Å². The van der Waals surface area contributed by atoms with Gasteiger partial charge >= 0.3 is 0 Å². The van der Waals surface area contributed by atoms with Gasteiger partial charge in [-0.3, -0.25) is 4.79 Å². The van der Waals surface area contributed by atoms with E-state index in [1.807, 2.05) is 0 Å². The molecule has 0 radical (unpaired) electrons. The summed E-state index contributed by atoms with van der Waals surface area (Å²) in [4.78, 5) is 10.8. The fourth-order valence-corrected chi connectivity index (χ4v) is 1.47. The van der Waals surface area contributed by atoms with Gasteiger partial charge in [-0.25, -0.2) is 0 Å². The zero-order valence-electron chi connectivity index (χ0n) is 8.33. The number of carbonyl (C=O) groups is 1. The van der Waals surface area contributed by atoms with E-state index >= 15 is 0 Å². The molecule has 82 valence electrons. The lowest BCUT2D eigenvalue weighted by Crippen LogP contribution is -2.38. The molecule has 5 heteroatoms. The first-order valence-electron chi connectivity index (χ1n) is 4.51. The van der Waals surface area contributed by atoms with E-state index in [0.717, 1.165) is 10.0 Å². The van der Waals surface area contributed by atoms with Gasteiger partial charge in [-0.15, -0.1) is 0 Å². The van der Waals surface area contributed by atoms with E-state index in [1.54, 1.807) is 25.1 Å². The summed E-state index contributed by atoms with van der Waals surface area (Å²) in [6.45, 7) is 2.08. The lowest BCUT2D eigenvalue weighted by Gasteiger charge is -2.11. The number of phenolic OH excluding ortho intramolecular Hbond substituents is 1. The van der Waals surface area contributed by atoms with Crippen LogP contribution < -0.4 is 11.1 Å². The fourth-order valence-electron chi connectivity index (χ4n) is 1.06. The first-order chi connectivity index (χ1) is 7.00. The van der Waals surface area contributed by atoms with E-state index in [0.29, 0.717) is 6.54 Å². The molecule has 0 bridgehead atoms. The van der Waals surface area contributed by atoms with Crippen LogP contribution in [0.15, 0.2) is 22.7 Å². The Morgan fingerprint density at radius 3 is 2.93 bits per heavy atom. The zero-order valence-corrected chi connectivity index (χ0v) is 9.91. The third kappa shape index (κ3) is 3.53. The molecule has 15 heavy (non-hydrogen) atoms. The van der Waals surface area contributed by atoms with Crippen molar-refractivity contribution in [1.29, 1.82) is 0 Å². The lowest BCUT2D eigenvalue weighted by molar-refractivity contribution is -0.119. The van der Waals surface area contributed by atoms with Crippen LogP contribution in [0.4, 0.5) is 0 Å². The van der Waals surface area contributed by atoms with Crippen molar-refractivity contribution in [2.24, 2.45) is 5.73 Å². The maximum absolute atomic E-state index is 10.8. The quantitative estimate of drug-likeness (QED) is 0.769. The van der Waals surface area contributed by atoms with Crippen molar-refractivity contribution in [3.63, 3.8) is 0 Å². The average Bonchev–Trinajstić information content (AvgIpc) is 2.18. The van der Waals surface area contributed by atoms with Crippen molar-refractivity contribution in [1.82, 2.24) is 5.32 Å². The third-order valence-electron chi connectivity index (χ3n) is 2.07. The van der Waals surface area contributed by atoms with Crippen LogP contribution in [-0.4, -0.2) is 17.1 Å². The number of nitrogens with two attached hydrogens (primary N) is 1. The smallest absolute Gasteiger partial charge is 0.234 e. The lowest BCUT2D eigenvalue weighted by atomic mass is 10.2. The predicted molar refractivity (Wildman–Crippen MR) is 61.3 cm³/mol. The van der Waals surface area contributed by atoms with Gasteiger partial charge in [-0.1, -0.05) is 15.9 Å². The van der Waals surface area contributed by atoms with Gasteiger partial charge in [-0.05, 0) is 25.1 Å². The van der Waals surface area contributed by atoms with Gasteiger partial charge in [0.15, 0.2) is 0 Å². The number of halogens is 1. The summed E-state index contributed by atoms with van der Waals surface area (Å²) in [6, 6.07) is 4.71. The van der Waals surface area contributed by atoms with Crippen molar-refractivity contribution >= 4 is 21.8 Å². The number of phenols is 1. The molecule has 0 aliphatic heterocycles. The maximum Gasteiger partial charge on any atom is 0.234 e. The summed E-state index contributed by atoms with van der Waals surface area (Å²) >= 11 is 3.30. The maximum atomic E-state index is 10.8. The second-order valence-electron chi connectivity index (χ2n) is 3.28. The van der Waals surface area contributed by atoms with Crippen molar-refractivity contribution in [2.75, 3.05) is 0 Å². The number of rotatable bonds is 4. The van der Waals surface area contributed by atoms with E-state index in [-0.39, 0.29) is 5.75 Å². The molecule has 1 amide bonds. The molecule has 0 aliphatic carbocycles. The molecule has 0 heterocycles. The minimum Gasteiger partial charge on any atom is -0.508 e. The second kappa shape index (κ2) is 5.14. The Kier molecular flexibility index (Phi) is 4.11. The molecule has 0 fully saturated rings. The number of aromatic hydroxyl groups is 1. The highest BCUT2D eigenvalue weighted by Crippen LogP contribution is 2.21. The number of hydrogen-bond acceptors (Lipinski definition) is 3. The topological polar surface area (TPSA) is 75.3 Å². The van der Waals surface area contributed by atoms with E-state index < -0.39 is 11.9 Å². The van der Waals surface area contributed by atoms with Gasteiger partial charge in [0, 0.05) is 16.6 Å². The Bertz CT molecular complexity index is 368. The standard InChI is InChI=1S/C10H13BrN2O2/c1-6(10(12)15)13-5-7-4-8(11)2-3-9(7)14/h2-4,6,13-14H,5H2,1H3,(H2,12,15). The van der Waals surface area contributed by atoms with E-state index in [2.05, 4.69) is 21.2 Å². The number of benzene rings is 1. The highest BCUT2D eigenvalue weighted by molar-refractivity contribution is 9.10. The molecular formula is C10H13BrN2O2.